The van der Waals surface area contributed by atoms with Gasteiger partial charge in [-0.25, -0.2) is 0 Å². The second-order valence-electron chi connectivity index (χ2n) is 6.35. The summed E-state index contributed by atoms with van der Waals surface area (Å²) in [5, 5.41) is 0. The molecule has 2 N–H and O–H groups in total. The van der Waals surface area contributed by atoms with Crippen LogP contribution >= 0.6 is 0 Å². The molecular formula is C13H21NO. The number of nitrogens with two attached hydrogens (primary N) is 1. The molecule has 4 saturated carbocycles. The Bertz CT molecular complexity index is 260. The molecule has 0 amide bonds. The third-order valence-corrected chi connectivity index (χ3v) is 4.97. The zero-order valence-corrected chi connectivity index (χ0v) is 9.54. The fraction of sp³-hybridized carbons (Fsp3) is 0.923. The van der Waals surface area contributed by atoms with Crippen LogP contribution in [0.4, 0.5) is 0 Å². The smallest absolute Gasteiger partial charge is 0.155 e. The van der Waals surface area contributed by atoms with Crippen molar-refractivity contribution in [3.63, 3.8) is 0 Å². The molecule has 0 aromatic heterocycles. The molecule has 4 bridgehead atoms. The maximum atomic E-state index is 12.3. The van der Waals surface area contributed by atoms with Crippen molar-refractivity contribution in [3.8, 4) is 0 Å². The molecule has 1 unspecified atom stereocenters. The van der Waals surface area contributed by atoms with Crippen molar-refractivity contribution in [2.24, 2.45) is 28.9 Å². The molecule has 4 aliphatic rings. The van der Waals surface area contributed by atoms with Crippen LogP contribution in [-0.2, 0) is 4.79 Å². The van der Waals surface area contributed by atoms with Gasteiger partial charge in [-0.05, 0) is 63.2 Å². The third kappa shape index (κ3) is 1.37. The first-order valence-corrected chi connectivity index (χ1v) is 6.39. The average molecular weight is 207 g/mol. The molecule has 0 spiro atoms. The lowest BCUT2D eigenvalue weighted by molar-refractivity contribution is -0.144. The Labute approximate surface area is 91.6 Å². The topological polar surface area (TPSA) is 43.1 Å². The van der Waals surface area contributed by atoms with E-state index in [2.05, 4.69) is 0 Å². The third-order valence-electron chi connectivity index (χ3n) is 4.97. The van der Waals surface area contributed by atoms with E-state index in [1.807, 2.05) is 6.92 Å². The quantitative estimate of drug-likeness (QED) is 0.753. The van der Waals surface area contributed by atoms with Gasteiger partial charge in [0.1, 0.15) is 0 Å². The van der Waals surface area contributed by atoms with Crippen LogP contribution in [-0.4, -0.2) is 11.8 Å². The van der Waals surface area contributed by atoms with Gasteiger partial charge >= 0.3 is 0 Å². The molecule has 2 heteroatoms. The molecule has 84 valence electrons. The van der Waals surface area contributed by atoms with Crippen molar-refractivity contribution in [2.75, 3.05) is 0 Å². The van der Waals surface area contributed by atoms with Crippen LogP contribution in [0.3, 0.4) is 0 Å². The van der Waals surface area contributed by atoms with Crippen molar-refractivity contribution >= 4 is 5.78 Å². The van der Waals surface area contributed by atoms with Gasteiger partial charge in [-0.3, -0.25) is 4.79 Å². The van der Waals surface area contributed by atoms with E-state index in [0.717, 1.165) is 37.0 Å². The van der Waals surface area contributed by atoms with Gasteiger partial charge in [0.25, 0.3) is 0 Å². The number of hydrogen-bond acceptors (Lipinski definition) is 2. The van der Waals surface area contributed by atoms with Gasteiger partial charge in [-0.15, -0.1) is 0 Å². The molecule has 0 radical (unpaired) electrons. The van der Waals surface area contributed by atoms with Gasteiger partial charge < -0.3 is 5.73 Å². The normalized spacial score (nSPS) is 49.3. The standard InChI is InChI=1S/C13H21NO/c1-8(14)12(15)13-5-9-2-10(6-13)4-11(3-9)7-13/h8-11H,2-7,14H2,1H3. The van der Waals surface area contributed by atoms with E-state index in [-0.39, 0.29) is 11.5 Å². The maximum absolute atomic E-state index is 12.3. The maximum Gasteiger partial charge on any atom is 0.155 e. The fourth-order valence-electron chi connectivity index (χ4n) is 4.90. The second kappa shape index (κ2) is 3.07. The van der Waals surface area contributed by atoms with E-state index < -0.39 is 0 Å². The summed E-state index contributed by atoms with van der Waals surface area (Å²) in [6.07, 6.45) is 7.64. The molecule has 0 aromatic rings. The number of Topliss-reactive ketones (excluding diaryl/α,β-unsaturated/α-hetero) is 1. The van der Waals surface area contributed by atoms with Crippen molar-refractivity contribution in [3.05, 3.63) is 0 Å². The van der Waals surface area contributed by atoms with Gasteiger partial charge in [-0.1, -0.05) is 0 Å². The Hall–Kier alpha value is -0.370. The van der Waals surface area contributed by atoms with E-state index in [9.17, 15) is 4.79 Å². The number of rotatable bonds is 2. The highest BCUT2D eigenvalue weighted by atomic mass is 16.1. The van der Waals surface area contributed by atoms with Crippen molar-refractivity contribution in [1.29, 1.82) is 0 Å². The van der Waals surface area contributed by atoms with Gasteiger partial charge in [0.2, 0.25) is 0 Å². The van der Waals surface area contributed by atoms with E-state index >= 15 is 0 Å². The molecule has 0 saturated heterocycles. The Kier molecular flexibility index (Phi) is 2.01. The summed E-state index contributed by atoms with van der Waals surface area (Å²) < 4.78 is 0. The molecule has 2 nitrogen and oxygen atoms in total. The van der Waals surface area contributed by atoms with Crippen LogP contribution in [0.1, 0.15) is 45.4 Å². The SMILES string of the molecule is CC(N)C(=O)C12CC3CC(CC(C3)C1)C2. The van der Waals surface area contributed by atoms with E-state index in [1.165, 1.54) is 19.3 Å². The zero-order chi connectivity index (χ0) is 10.6. The van der Waals surface area contributed by atoms with Gasteiger partial charge in [0.05, 0.1) is 6.04 Å². The Balaban J connectivity index is 1.90. The van der Waals surface area contributed by atoms with Crippen LogP contribution in [0.5, 0.6) is 0 Å². The summed E-state index contributed by atoms with van der Waals surface area (Å²) in [6.45, 7) is 1.86. The highest BCUT2D eigenvalue weighted by molar-refractivity contribution is 5.89. The minimum absolute atomic E-state index is 0.0168. The highest BCUT2D eigenvalue weighted by Crippen LogP contribution is 2.60. The first-order chi connectivity index (χ1) is 7.09. The van der Waals surface area contributed by atoms with Gasteiger partial charge in [0.15, 0.2) is 5.78 Å². The summed E-state index contributed by atoms with van der Waals surface area (Å²) in [4.78, 5) is 12.3. The number of hydrogen-bond donors (Lipinski definition) is 1. The molecule has 0 aromatic carbocycles. The van der Waals surface area contributed by atoms with E-state index in [4.69, 9.17) is 5.73 Å². The minimum atomic E-state index is -0.249. The lowest BCUT2D eigenvalue weighted by Gasteiger charge is -2.56. The molecular weight excluding hydrogens is 186 g/mol. The summed E-state index contributed by atoms with van der Waals surface area (Å²) >= 11 is 0. The minimum Gasteiger partial charge on any atom is -0.322 e. The highest BCUT2D eigenvalue weighted by Gasteiger charge is 2.54. The Morgan fingerprint density at radius 1 is 1.13 bits per heavy atom. The lowest BCUT2D eigenvalue weighted by Crippen LogP contribution is -2.53. The molecule has 4 rings (SSSR count). The van der Waals surface area contributed by atoms with Crippen LogP contribution in [0, 0.1) is 23.2 Å². The molecule has 4 fully saturated rings. The molecule has 0 aliphatic heterocycles. The summed E-state index contributed by atoms with van der Waals surface area (Å²) in [5.74, 6) is 2.90. The summed E-state index contributed by atoms with van der Waals surface area (Å²) in [7, 11) is 0. The Morgan fingerprint density at radius 3 is 1.87 bits per heavy atom. The molecule has 1 atom stereocenters. The van der Waals surface area contributed by atoms with Gasteiger partial charge in [0, 0.05) is 5.41 Å². The van der Waals surface area contributed by atoms with Crippen molar-refractivity contribution in [2.45, 2.75) is 51.5 Å². The Morgan fingerprint density at radius 2 is 1.53 bits per heavy atom. The largest absolute Gasteiger partial charge is 0.322 e. The van der Waals surface area contributed by atoms with Crippen LogP contribution < -0.4 is 5.73 Å². The van der Waals surface area contributed by atoms with Crippen molar-refractivity contribution < 1.29 is 4.79 Å². The van der Waals surface area contributed by atoms with Crippen LogP contribution in [0.15, 0.2) is 0 Å². The number of ketones is 1. The van der Waals surface area contributed by atoms with Gasteiger partial charge in [-0.2, -0.15) is 0 Å². The monoisotopic (exact) mass is 207 g/mol. The zero-order valence-electron chi connectivity index (χ0n) is 9.54. The first-order valence-electron chi connectivity index (χ1n) is 6.39. The predicted octanol–water partition coefficient (Wildman–Crippen LogP) is 2.12. The average Bonchev–Trinajstić information content (AvgIpc) is 2.14. The summed E-state index contributed by atoms with van der Waals surface area (Å²) in [6, 6.07) is -0.249. The number of carbonyl (C=O) groups is 1. The van der Waals surface area contributed by atoms with E-state index in [1.54, 1.807) is 0 Å². The van der Waals surface area contributed by atoms with Crippen LogP contribution in [0.25, 0.3) is 0 Å². The van der Waals surface area contributed by atoms with Crippen molar-refractivity contribution in [1.82, 2.24) is 0 Å². The molecule has 4 aliphatic carbocycles. The van der Waals surface area contributed by atoms with Crippen LogP contribution in [0.2, 0.25) is 0 Å². The lowest BCUT2D eigenvalue weighted by atomic mass is 9.48. The predicted molar refractivity (Wildman–Crippen MR) is 59.3 cm³/mol. The fourth-order valence-corrected chi connectivity index (χ4v) is 4.90. The number of carbonyl (C=O) groups excluding carboxylic acids is 1. The molecule has 15 heavy (non-hydrogen) atoms. The molecule has 0 heterocycles. The summed E-state index contributed by atoms with van der Waals surface area (Å²) in [5.41, 5.74) is 5.82. The first kappa shape index (κ1) is 9.83. The van der Waals surface area contributed by atoms with E-state index in [0.29, 0.717) is 5.78 Å². The second-order valence-corrected chi connectivity index (χ2v) is 6.35.